The number of aliphatic hydroxyl groups excluding tert-OH is 2. The summed E-state index contributed by atoms with van der Waals surface area (Å²) in [7, 11) is 1.58. The average Bonchev–Trinajstić information content (AvgIpc) is 2.49. The van der Waals surface area contributed by atoms with E-state index in [1.54, 1.807) is 7.11 Å². The SMILES string of the molecule is CO[C@H]1c2cc(C)ccc2O[C@H]2O[C@H](CN)[C@H](O)[C@H](O)[C@H]21. The molecule has 6 nitrogen and oxygen atoms in total. The third kappa shape index (κ3) is 2.33. The van der Waals surface area contributed by atoms with E-state index in [9.17, 15) is 10.2 Å². The van der Waals surface area contributed by atoms with Crippen LogP contribution in [-0.2, 0) is 9.47 Å². The number of aliphatic hydroxyl groups is 2. The van der Waals surface area contributed by atoms with Crippen molar-refractivity contribution < 1.29 is 24.4 Å². The van der Waals surface area contributed by atoms with Gasteiger partial charge in [0.05, 0.1) is 18.1 Å². The Morgan fingerprint density at radius 1 is 1.29 bits per heavy atom. The van der Waals surface area contributed by atoms with Gasteiger partial charge < -0.3 is 30.2 Å². The second-order valence-corrected chi connectivity index (χ2v) is 5.65. The smallest absolute Gasteiger partial charge is 0.208 e. The molecule has 0 bridgehead atoms. The molecule has 6 atom stereocenters. The van der Waals surface area contributed by atoms with Crippen molar-refractivity contribution >= 4 is 0 Å². The fourth-order valence-corrected chi connectivity index (χ4v) is 3.19. The average molecular weight is 295 g/mol. The summed E-state index contributed by atoms with van der Waals surface area (Å²) in [6.45, 7) is 2.09. The molecule has 21 heavy (non-hydrogen) atoms. The van der Waals surface area contributed by atoms with Crippen molar-refractivity contribution in [1.82, 2.24) is 0 Å². The Morgan fingerprint density at radius 3 is 2.71 bits per heavy atom. The van der Waals surface area contributed by atoms with Crippen molar-refractivity contribution in [1.29, 1.82) is 0 Å². The zero-order valence-corrected chi connectivity index (χ0v) is 12.1. The van der Waals surface area contributed by atoms with E-state index in [4.69, 9.17) is 19.9 Å². The Kier molecular flexibility index (Phi) is 3.90. The van der Waals surface area contributed by atoms with Gasteiger partial charge in [0.1, 0.15) is 18.0 Å². The van der Waals surface area contributed by atoms with E-state index in [0.29, 0.717) is 5.75 Å². The van der Waals surface area contributed by atoms with Crippen LogP contribution in [0.25, 0.3) is 0 Å². The molecule has 3 rings (SSSR count). The molecule has 0 spiro atoms. The van der Waals surface area contributed by atoms with E-state index in [0.717, 1.165) is 11.1 Å². The Morgan fingerprint density at radius 2 is 2.05 bits per heavy atom. The van der Waals surface area contributed by atoms with Gasteiger partial charge in [0, 0.05) is 19.2 Å². The number of nitrogens with two attached hydrogens (primary N) is 1. The predicted molar refractivity (Wildman–Crippen MR) is 74.8 cm³/mol. The summed E-state index contributed by atoms with van der Waals surface area (Å²) in [5, 5.41) is 20.6. The van der Waals surface area contributed by atoms with E-state index in [1.807, 2.05) is 25.1 Å². The predicted octanol–water partition coefficient (Wildman–Crippen LogP) is 0.0965. The van der Waals surface area contributed by atoms with Crippen LogP contribution in [0, 0.1) is 12.8 Å². The van der Waals surface area contributed by atoms with Gasteiger partial charge >= 0.3 is 0 Å². The molecule has 0 saturated carbocycles. The van der Waals surface area contributed by atoms with Crippen LogP contribution in [0.5, 0.6) is 5.75 Å². The highest BCUT2D eigenvalue weighted by Crippen LogP contribution is 2.45. The Hall–Kier alpha value is -1.18. The van der Waals surface area contributed by atoms with Crippen LogP contribution < -0.4 is 10.5 Å². The van der Waals surface area contributed by atoms with Crippen molar-refractivity contribution in [2.24, 2.45) is 11.7 Å². The third-order valence-electron chi connectivity index (χ3n) is 4.30. The Balaban J connectivity index is 2.00. The molecule has 4 N–H and O–H groups in total. The van der Waals surface area contributed by atoms with E-state index in [-0.39, 0.29) is 6.54 Å². The van der Waals surface area contributed by atoms with Crippen LogP contribution in [0.1, 0.15) is 17.2 Å². The maximum Gasteiger partial charge on any atom is 0.208 e. The first-order valence-corrected chi connectivity index (χ1v) is 7.08. The number of hydrogen-bond acceptors (Lipinski definition) is 6. The monoisotopic (exact) mass is 295 g/mol. The fourth-order valence-electron chi connectivity index (χ4n) is 3.19. The molecule has 0 aromatic heterocycles. The topological polar surface area (TPSA) is 94.2 Å². The zero-order valence-electron chi connectivity index (χ0n) is 12.1. The first-order valence-electron chi connectivity index (χ1n) is 7.08. The van der Waals surface area contributed by atoms with Crippen molar-refractivity contribution in [3.8, 4) is 5.75 Å². The number of hydrogen-bond donors (Lipinski definition) is 3. The number of benzene rings is 1. The van der Waals surface area contributed by atoms with Gasteiger partial charge in [0.2, 0.25) is 6.29 Å². The molecule has 2 aliphatic heterocycles. The molecule has 2 aliphatic rings. The normalized spacial score (nSPS) is 38.3. The summed E-state index contributed by atoms with van der Waals surface area (Å²) >= 11 is 0. The van der Waals surface area contributed by atoms with E-state index >= 15 is 0 Å². The quantitative estimate of drug-likeness (QED) is 0.716. The lowest BCUT2D eigenvalue weighted by atomic mass is 9.81. The highest BCUT2D eigenvalue weighted by atomic mass is 16.7. The molecule has 0 aliphatic carbocycles. The van der Waals surface area contributed by atoms with Gasteiger partial charge in [-0.1, -0.05) is 11.6 Å². The summed E-state index contributed by atoms with van der Waals surface area (Å²) in [4.78, 5) is 0. The molecule has 116 valence electrons. The lowest BCUT2D eigenvalue weighted by molar-refractivity contribution is -0.278. The maximum absolute atomic E-state index is 10.4. The van der Waals surface area contributed by atoms with Crippen LogP contribution >= 0.6 is 0 Å². The van der Waals surface area contributed by atoms with Gasteiger partial charge in [-0.05, 0) is 19.1 Å². The van der Waals surface area contributed by atoms with Crippen LogP contribution in [0.4, 0.5) is 0 Å². The summed E-state index contributed by atoms with van der Waals surface area (Å²) in [5.74, 6) is 0.176. The highest BCUT2D eigenvalue weighted by Gasteiger charge is 2.52. The maximum atomic E-state index is 10.4. The number of fused-ring (bicyclic) bond motifs is 2. The Labute approximate surface area is 123 Å². The Bertz CT molecular complexity index is 523. The molecule has 0 radical (unpaired) electrons. The molecule has 2 heterocycles. The molecule has 1 fully saturated rings. The van der Waals surface area contributed by atoms with E-state index in [2.05, 4.69) is 0 Å². The number of aryl methyl sites for hydroxylation is 1. The van der Waals surface area contributed by atoms with Crippen LogP contribution in [0.15, 0.2) is 18.2 Å². The molecule has 1 aromatic carbocycles. The minimum absolute atomic E-state index is 0.114. The van der Waals surface area contributed by atoms with Gasteiger partial charge in [0.15, 0.2) is 0 Å². The van der Waals surface area contributed by atoms with Gasteiger partial charge in [-0.15, -0.1) is 0 Å². The van der Waals surface area contributed by atoms with Crippen LogP contribution in [0.2, 0.25) is 0 Å². The van der Waals surface area contributed by atoms with Crippen molar-refractivity contribution in [2.75, 3.05) is 13.7 Å². The minimum atomic E-state index is -1.05. The molecule has 1 aromatic rings. The third-order valence-corrected chi connectivity index (χ3v) is 4.30. The first kappa shape index (κ1) is 14.7. The standard InChI is InChI=1S/C15H21NO5/c1-7-3-4-9-8(5-7)14(19-2)11-13(18)12(17)10(6-16)21-15(11)20-9/h3-5,10-15,17-18H,6,16H2,1-2H3/t10-,11+,12+,13-,14+,15+/m1/s1. The number of methoxy groups -OCH3 is 1. The molecule has 6 heteroatoms. The molecular weight excluding hydrogens is 274 g/mol. The lowest BCUT2D eigenvalue weighted by Crippen LogP contribution is -2.60. The first-order chi connectivity index (χ1) is 10.1. The summed E-state index contributed by atoms with van der Waals surface area (Å²) < 4.78 is 17.1. The van der Waals surface area contributed by atoms with Gasteiger partial charge in [-0.3, -0.25) is 0 Å². The van der Waals surface area contributed by atoms with Crippen LogP contribution in [0.3, 0.4) is 0 Å². The van der Waals surface area contributed by atoms with Crippen molar-refractivity contribution in [3.05, 3.63) is 29.3 Å². The van der Waals surface area contributed by atoms with E-state index in [1.165, 1.54) is 0 Å². The largest absolute Gasteiger partial charge is 0.464 e. The van der Waals surface area contributed by atoms with E-state index < -0.39 is 36.6 Å². The zero-order chi connectivity index (χ0) is 15.1. The fraction of sp³-hybridized carbons (Fsp3) is 0.600. The van der Waals surface area contributed by atoms with Gasteiger partial charge in [-0.2, -0.15) is 0 Å². The van der Waals surface area contributed by atoms with Gasteiger partial charge in [-0.25, -0.2) is 0 Å². The summed E-state index contributed by atoms with van der Waals surface area (Å²) in [6.07, 6.45) is -3.80. The van der Waals surface area contributed by atoms with Crippen LogP contribution in [-0.4, -0.2) is 48.5 Å². The molecule has 1 saturated heterocycles. The highest BCUT2D eigenvalue weighted by molar-refractivity contribution is 5.41. The molecule has 0 unspecified atom stereocenters. The lowest BCUT2D eigenvalue weighted by Gasteiger charge is -2.47. The van der Waals surface area contributed by atoms with Crippen molar-refractivity contribution in [3.63, 3.8) is 0 Å². The molecular formula is C15H21NO5. The number of ether oxygens (including phenoxy) is 3. The van der Waals surface area contributed by atoms with Crippen molar-refractivity contribution in [2.45, 2.75) is 37.6 Å². The summed E-state index contributed by atoms with van der Waals surface area (Å²) in [6, 6.07) is 5.78. The van der Waals surface area contributed by atoms with Gasteiger partial charge in [0.25, 0.3) is 0 Å². The minimum Gasteiger partial charge on any atom is -0.464 e. The number of rotatable bonds is 2. The molecule has 0 amide bonds. The second-order valence-electron chi connectivity index (χ2n) is 5.65. The second kappa shape index (κ2) is 5.55. The summed E-state index contributed by atoms with van der Waals surface area (Å²) in [5.41, 5.74) is 7.51.